The Morgan fingerprint density at radius 2 is 0.964 bits per heavy atom. The number of carbonyl (C=O) groups is 2. The van der Waals surface area contributed by atoms with Gasteiger partial charge in [0.25, 0.3) is 0 Å². The molecule has 0 spiro atoms. The molecule has 0 aromatic rings. The molecular weight excluding hydrogens is 725 g/mol. The number of unbranched alkanes of at least 4 members (excludes halogenated alkanes) is 18. The van der Waals surface area contributed by atoms with E-state index in [1.54, 1.807) is 0 Å². The first-order valence-corrected chi connectivity index (χ1v) is 23.9. The number of hydrogen-bond acceptors (Lipinski definition) is 7. The van der Waals surface area contributed by atoms with Crippen molar-refractivity contribution in [3.63, 3.8) is 0 Å². The molecule has 0 radical (unpaired) electrons. The fourth-order valence-electron chi connectivity index (χ4n) is 5.78. The van der Waals surface area contributed by atoms with Crippen molar-refractivity contribution in [1.29, 1.82) is 0 Å². The lowest BCUT2D eigenvalue weighted by molar-refractivity contribution is -0.870. The highest BCUT2D eigenvalue weighted by Gasteiger charge is 2.27. The van der Waals surface area contributed by atoms with E-state index in [1.807, 2.05) is 21.1 Å². The number of allylic oxidation sites excluding steroid dienone is 8. The maximum Gasteiger partial charge on any atom is 0.472 e. The highest BCUT2D eigenvalue weighted by molar-refractivity contribution is 7.47. The van der Waals surface area contributed by atoms with Gasteiger partial charge in [0.2, 0.25) is 0 Å². The number of phosphoric ester groups is 1. The first-order chi connectivity index (χ1) is 27.0. The highest BCUT2D eigenvalue weighted by Crippen LogP contribution is 2.43. The van der Waals surface area contributed by atoms with Gasteiger partial charge in [-0.05, 0) is 77.0 Å². The van der Waals surface area contributed by atoms with E-state index in [0.29, 0.717) is 17.4 Å². The van der Waals surface area contributed by atoms with E-state index >= 15 is 0 Å². The Balaban J connectivity index is 4.39. The molecule has 9 nitrogen and oxygen atoms in total. The minimum absolute atomic E-state index is 0.0260. The van der Waals surface area contributed by atoms with Gasteiger partial charge in [0.1, 0.15) is 19.8 Å². The number of phosphoric acid groups is 1. The first-order valence-electron chi connectivity index (χ1n) is 22.4. The fraction of sp³-hybridized carbons (Fsp3) is 0.783. The summed E-state index contributed by atoms with van der Waals surface area (Å²) in [6.07, 6.45) is 44.3. The highest BCUT2D eigenvalue weighted by atomic mass is 31.2. The molecule has 1 N–H and O–H groups in total. The number of nitrogens with zero attached hydrogens (tertiary/aromatic N) is 1. The van der Waals surface area contributed by atoms with Gasteiger partial charge in [-0.1, -0.05) is 140 Å². The number of rotatable bonds is 40. The van der Waals surface area contributed by atoms with Crippen LogP contribution in [-0.4, -0.2) is 74.9 Å². The fourth-order valence-corrected chi connectivity index (χ4v) is 6.52. The Morgan fingerprint density at radius 1 is 0.554 bits per heavy atom. The monoisotopic (exact) mass is 811 g/mol. The largest absolute Gasteiger partial charge is 0.472 e. The van der Waals surface area contributed by atoms with Crippen molar-refractivity contribution in [2.45, 2.75) is 187 Å². The predicted molar refractivity (Wildman–Crippen MR) is 233 cm³/mol. The zero-order chi connectivity index (χ0) is 41.4. The summed E-state index contributed by atoms with van der Waals surface area (Å²) in [5.74, 6) is -0.825. The van der Waals surface area contributed by atoms with E-state index in [4.69, 9.17) is 18.5 Å². The molecule has 0 aliphatic rings. The van der Waals surface area contributed by atoms with Crippen molar-refractivity contribution in [3.8, 4) is 0 Å². The Kier molecular flexibility index (Phi) is 37.1. The lowest BCUT2D eigenvalue weighted by Crippen LogP contribution is -2.37. The van der Waals surface area contributed by atoms with Crippen molar-refractivity contribution in [3.05, 3.63) is 48.6 Å². The topological polar surface area (TPSA) is 108 Å². The summed E-state index contributed by atoms with van der Waals surface area (Å²) in [5, 5.41) is 0. The molecule has 56 heavy (non-hydrogen) atoms. The molecule has 0 aromatic carbocycles. The molecule has 0 saturated carbocycles. The third-order valence-electron chi connectivity index (χ3n) is 9.33. The van der Waals surface area contributed by atoms with Gasteiger partial charge >= 0.3 is 19.8 Å². The van der Waals surface area contributed by atoms with Crippen molar-refractivity contribution in [2.24, 2.45) is 0 Å². The third-order valence-corrected chi connectivity index (χ3v) is 10.3. The van der Waals surface area contributed by atoms with Crippen LogP contribution in [0.3, 0.4) is 0 Å². The van der Waals surface area contributed by atoms with Crippen molar-refractivity contribution < 1.29 is 42.1 Å². The van der Waals surface area contributed by atoms with E-state index in [2.05, 4.69) is 62.5 Å². The summed E-state index contributed by atoms with van der Waals surface area (Å²) in [5.41, 5.74) is 0. The Morgan fingerprint density at radius 3 is 1.41 bits per heavy atom. The maximum absolute atomic E-state index is 12.7. The van der Waals surface area contributed by atoms with Gasteiger partial charge in [0.05, 0.1) is 27.7 Å². The van der Waals surface area contributed by atoms with E-state index in [-0.39, 0.29) is 32.0 Å². The van der Waals surface area contributed by atoms with Crippen LogP contribution in [0.25, 0.3) is 0 Å². The molecule has 10 heteroatoms. The summed E-state index contributed by atoms with van der Waals surface area (Å²) >= 11 is 0. The van der Waals surface area contributed by atoms with E-state index in [0.717, 1.165) is 77.0 Å². The van der Waals surface area contributed by atoms with Crippen LogP contribution in [0.1, 0.15) is 181 Å². The third kappa shape index (κ3) is 41.6. The van der Waals surface area contributed by atoms with Crippen LogP contribution in [0, 0.1) is 0 Å². The average Bonchev–Trinajstić information content (AvgIpc) is 3.15. The summed E-state index contributed by atoms with van der Waals surface area (Å²) in [4.78, 5) is 35.4. The van der Waals surface area contributed by atoms with Gasteiger partial charge in [-0.25, -0.2) is 4.57 Å². The first kappa shape index (κ1) is 54.0. The smallest absolute Gasteiger partial charge is 0.462 e. The summed E-state index contributed by atoms with van der Waals surface area (Å²) < 4.78 is 34.3. The van der Waals surface area contributed by atoms with Crippen LogP contribution in [-0.2, 0) is 32.7 Å². The molecule has 0 heterocycles. The number of carbonyl (C=O) groups excluding carboxylic acids is 2. The molecule has 1 unspecified atom stereocenters. The molecule has 0 aliphatic heterocycles. The number of hydrogen-bond donors (Lipinski definition) is 1. The van der Waals surface area contributed by atoms with Gasteiger partial charge in [0, 0.05) is 12.8 Å². The molecule has 0 bridgehead atoms. The molecule has 0 amide bonds. The molecule has 0 rings (SSSR count). The zero-order valence-electron chi connectivity index (χ0n) is 36.6. The van der Waals surface area contributed by atoms with Gasteiger partial charge < -0.3 is 18.9 Å². The van der Waals surface area contributed by atoms with Crippen molar-refractivity contribution in [2.75, 3.05) is 47.5 Å². The van der Waals surface area contributed by atoms with Crippen molar-refractivity contribution in [1.82, 2.24) is 0 Å². The quantitative estimate of drug-likeness (QED) is 0.0214. The van der Waals surface area contributed by atoms with Gasteiger partial charge in [-0.3, -0.25) is 18.6 Å². The van der Waals surface area contributed by atoms with Gasteiger partial charge in [0.15, 0.2) is 6.10 Å². The van der Waals surface area contributed by atoms with Crippen LogP contribution in [0.5, 0.6) is 0 Å². The second-order valence-corrected chi connectivity index (χ2v) is 17.5. The minimum Gasteiger partial charge on any atom is -0.462 e. The van der Waals surface area contributed by atoms with Gasteiger partial charge in [-0.15, -0.1) is 0 Å². The lowest BCUT2D eigenvalue weighted by atomic mass is 10.1. The second kappa shape index (κ2) is 38.5. The summed E-state index contributed by atoms with van der Waals surface area (Å²) in [6.45, 7) is 4.34. The zero-order valence-corrected chi connectivity index (χ0v) is 37.5. The number of likely N-dealkylation sites (N-methyl/N-ethyl adjacent to an activating group) is 1. The van der Waals surface area contributed by atoms with Crippen LogP contribution in [0.15, 0.2) is 48.6 Å². The van der Waals surface area contributed by atoms with Crippen LogP contribution in [0.4, 0.5) is 0 Å². The SMILES string of the molecule is CCCCC/C=C/C/C=C/CCCCCCCCCC(=O)OC[C@H](COP(=O)(O)OCC[N+](C)(C)C)OC(=O)CCCCCCC/C=C/C/C=C/CCCCC. The Bertz CT molecular complexity index is 1100. The summed E-state index contributed by atoms with van der Waals surface area (Å²) in [6, 6.07) is 0. The molecule has 0 fully saturated rings. The molecular formula is C46H85NO8P+. The lowest BCUT2D eigenvalue weighted by Gasteiger charge is -2.24. The molecule has 0 aromatic heterocycles. The molecule has 0 aliphatic carbocycles. The predicted octanol–water partition coefficient (Wildman–Crippen LogP) is 12.7. The standard InChI is InChI=1S/C46H84NO8P/c1-6-8-10-12-14-16-18-20-22-23-25-26-28-30-32-34-36-38-45(48)52-42-44(43-54-56(50,51)53-41-40-47(3,4)5)55-46(49)39-37-35-33-31-29-27-24-21-19-17-15-13-11-9-7-2/h14-17,20-22,24,44H,6-13,18-19,23,25-43H2,1-5H3/p+1/b16-14+,17-15+,22-20+,24-21+/t44-/m1/s1. The Labute approximate surface area is 343 Å². The van der Waals surface area contributed by atoms with E-state index in [1.165, 1.54) is 70.6 Å². The van der Waals surface area contributed by atoms with E-state index < -0.39 is 26.5 Å². The summed E-state index contributed by atoms with van der Waals surface area (Å²) in [7, 11) is 1.46. The average molecular weight is 811 g/mol. The molecule has 326 valence electrons. The normalized spacial score (nSPS) is 14.0. The van der Waals surface area contributed by atoms with E-state index in [9.17, 15) is 19.0 Å². The van der Waals surface area contributed by atoms with Crippen LogP contribution >= 0.6 is 7.82 Å². The van der Waals surface area contributed by atoms with Crippen LogP contribution < -0.4 is 0 Å². The molecule has 2 atom stereocenters. The Hall–Kier alpha value is -2.03. The number of ether oxygens (including phenoxy) is 2. The van der Waals surface area contributed by atoms with Gasteiger partial charge in [-0.2, -0.15) is 0 Å². The van der Waals surface area contributed by atoms with Crippen LogP contribution in [0.2, 0.25) is 0 Å². The minimum atomic E-state index is -4.38. The van der Waals surface area contributed by atoms with Crippen molar-refractivity contribution >= 4 is 19.8 Å². The second-order valence-electron chi connectivity index (χ2n) is 16.1. The number of esters is 2. The number of quaternary nitrogens is 1. The maximum atomic E-state index is 12.7. The molecule has 0 saturated heterocycles.